The minimum absolute atomic E-state index is 0.761. The molecule has 1 heterocycles. The number of rotatable bonds is 3. The molecule has 136 valence electrons. The zero-order chi connectivity index (χ0) is 18.2. The van der Waals surface area contributed by atoms with Crippen LogP contribution < -0.4 is 0 Å². The number of hydrogen-bond acceptors (Lipinski definition) is 4. The van der Waals surface area contributed by atoms with Gasteiger partial charge in [-0.15, -0.1) is 0 Å². The average molecular weight is 421 g/mol. The lowest BCUT2D eigenvalue weighted by Crippen LogP contribution is -2.65. The summed E-state index contributed by atoms with van der Waals surface area (Å²) in [6, 6.07) is 8.88. The molecule has 1 aromatic rings. The molecule has 0 spiro atoms. The number of hydrogen-bond donors (Lipinski definition) is 0. The second kappa shape index (κ2) is 7.09. The highest BCUT2D eigenvalue weighted by Crippen LogP contribution is 2.33. The van der Waals surface area contributed by atoms with E-state index < -0.39 is 34.2 Å². The second-order valence-electron chi connectivity index (χ2n) is 7.87. The molecule has 0 aliphatic carbocycles. The van der Waals surface area contributed by atoms with Crippen LogP contribution in [0.2, 0.25) is 56.9 Å². The predicted octanol–water partition coefficient (Wildman–Crippen LogP) is 5.14. The molecule has 0 radical (unpaired) electrons. The van der Waals surface area contributed by atoms with Gasteiger partial charge in [-0.05, 0) is 76.0 Å². The zero-order valence-corrected chi connectivity index (χ0v) is 20.5. The number of halogens is 1. The third kappa shape index (κ3) is 6.18. The lowest BCUT2D eigenvalue weighted by atomic mass is 10.2. The van der Waals surface area contributed by atoms with E-state index in [1.165, 1.54) is 5.56 Å². The Labute approximate surface area is 155 Å². The van der Waals surface area contributed by atoms with Crippen molar-refractivity contribution < 1.29 is 16.5 Å². The van der Waals surface area contributed by atoms with Crippen LogP contribution in [0.3, 0.4) is 0 Å². The fourth-order valence-electron chi connectivity index (χ4n) is 3.43. The lowest BCUT2D eigenvalue weighted by molar-refractivity contribution is 0.234. The van der Waals surface area contributed by atoms with Gasteiger partial charge in [-0.3, -0.25) is 0 Å². The van der Waals surface area contributed by atoms with Crippen LogP contribution in [0, 0.1) is 0 Å². The van der Waals surface area contributed by atoms with E-state index >= 15 is 0 Å². The first-order chi connectivity index (χ1) is 10.8. The molecular weight excluding hydrogens is 392 g/mol. The minimum atomic E-state index is -2.39. The molecule has 2 rings (SSSR count). The van der Waals surface area contributed by atoms with Crippen molar-refractivity contribution in [3.8, 4) is 0 Å². The molecule has 0 saturated carbocycles. The first kappa shape index (κ1) is 20.5. The fourth-order valence-corrected chi connectivity index (χ4v) is 25.1. The topological polar surface area (TPSA) is 36.9 Å². The maximum atomic E-state index is 6.58. The van der Waals surface area contributed by atoms with Crippen LogP contribution in [0.1, 0.15) is 5.56 Å². The van der Waals surface area contributed by atoms with Gasteiger partial charge in [0.15, 0.2) is 0 Å². The lowest BCUT2D eigenvalue weighted by Gasteiger charge is -2.47. The summed E-state index contributed by atoms with van der Waals surface area (Å²) in [5, 5.41) is 0.761. The first-order valence-corrected chi connectivity index (χ1v) is 19.7. The summed E-state index contributed by atoms with van der Waals surface area (Å²) in [6.07, 6.45) is 0.912. The van der Waals surface area contributed by atoms with Crippen molar-refractivity contribution in [2.45, 2.75) is 58.3 Å². The van der Waals surface area contributed by atoms with E-state index in [-0.39, 0.29) is 0 Å². The summed E-state index contributed by atoms with van der Waals surface area (Å²) >= 11 is 5.97. The van der Waals surface area contributed by atoms with Crippen LogP contribution in [-0.2, 0) is 22.9 Å². The smallest absolute Gasteiger partial charge is 0.317 e. The molecule has 0 N–H and O–H groups in total. The van der Waals surface area contributed by atoms with Crippen LogP contribution in [0.15, 0.2) is 24.3 Å². The van der Waals surface area contributed by atoms with Crippen LogP contribution >= 0.6 is 11.6 Å². The molecule has 1 aliphatic rings. The third-order valence-corrected chi connectivity index (χ3v) is 20.4. The SMILES string of the molecule is C[Si]1(C)O[Si](C)(C)O[Si](C)(CCc2ccc(Cl)cc2)O[Si](C)(C)O1. The van der Waals surface area contributed by atoms with Gasteiger partial charge in [0, 0.05) is 5.02 Å². The molecule has 0 aromatic heterocycles. The van der Waals surface area contributed by atoms with Crippen molar-refractivity contribution in [1.82, 2.24) is 0 Å². The largest absolute Gasteiger partial charge is 0.416 e. The Morgan fingerprint density at radius 2 is 1.12 bits per heavy atom. The van der Waals surface area contributed by atoms with Gasteiger partial charge < -0.3 is 16.5 Å². The Morgan fingerprint density at radius 1 is 0.708 bits per heavy atom. The Hall–Kier alpha value is 0.218. The van der Waals surface area contributed by atoms with Gasteiger partial charge in [-0.1, -0.05) is 23.7 Å². The van der Waals surface area contributed by atoms with Crippen molar-refractivity contribution in [1.29, 1.82) is 0 Å². The summed E-state index contributed by atoms with van der Waals surface area (Å²) in [7, 11) is -9.16. The number of benzene rings is 1. The van der Waals surface area contributed by atoms with Gasteiger partial charge in [0.05, 0.1) is 0 Å². The Kier molecular flexibility index (Phi) is 6.06. The Bertz CT molecular complexity index is 555. The highest BCUT2D eigenvalue weighted by atomic mass is 35.5. The third-order valence-electron chi connectivity index (χ3n) is 3.69. The molecule has 1 saturated heterocycles. The highest BCUT2D eigenvalue weighted by Gasteiger charge is 2.52. The van der Waals surface area contributed by atoms with Gasteiger partial charge in [0.2, 0.25) is 0 Å². The molecule has 0 unspecified atom stereocenters. The van der Waals surface area contributed by atoms with Gasteiger partial charge in [0.25, 0.3) is 0 Å². The predicted molar refractivity (Wildman–Crippen MR) is 108 cm³/mol. The van der Waals surface area contributed by atoms with Gasteiger partial charge >= 0.3 is 34.2 Å². The molecule has 4 nitrogen and oxygen atoms in total. The average Bonchev–Trinajstić information content (AvgIpc) is 2.32. The summed E-state index contributed by atoms with van der Waals surface area (Å²) in [5.74, 6) is 0. The van der Waals surface area contributed by atoms with E-state index in [4.69, 9.17) is 28.1 Å². The molecule has 1 fully saturated rings. The molecule has 1 aromatic carbocycles. The van der Waals surface area contributed by atoms with Crippen molar-refractivity contribution >= 4 is 45.8 Å². The van der Waals surface area contributed by atoms with E-state index in [1.54, 1.807) is 0 Å². The molecule has 0 bridgehead atoms. The maximum absolute atomic E-state index is 6.58. The summed E-state index contributed by atoms with van der Waals surface area (Å²) in [5.41, 5.74) is 1.25. The standard InChI is InChI=1S/C15H29ClO4Si4/c1-21(2)17-22(3,4)19-24(7,20-23(5,6)18-21)13-12-14-8-10-15(16)11-9-14/h8-11H,12-13H2,1-7H3. The highest BCUT2D eigenvalue weighted by molar-refractivity contribution is 6.93. The van der Waals surface area contributed by atoms with Crippen molar-refractivity contribution in [2.75, 3.05) is 0 Å². The van der Waals surface area contributed by atoms with E-state index in [2.05, 4.69) is 58.0 Å². The van der Waals surface area contributed by atoms with Crippen molar-refractivity contribution in [3.63, 3.8) is 0 Å². The Balaban J connectivity index is 2.17. The molecule has 9 heteroatoms. The van der Waals surface area contributed by atoms with Crippen LogP contribution in [0.25, 0.3) is 0 Å². The number of aryl methyl sites for hydroxylation is 1. The van der Waals surface area contributed by atoms with E-state index in [1.807, 2.05) is 12.1 Å². The maximum Gasteiger partial charge on any atom is 0.317 e. The Morgan fingerprint density at radius 3 is 1.58 bits per heavy atom. The normalized spacial score (nSPS) is 24.8. The zero-order valence-electron chi connectivity index (χ0n) is 15.7. The van der Waals surface area contributed by atoms with Crippen molar-refractivity contribution in [3.05, 3.63) is 34.9 Å². The van der Waals surface area contributed by atoms with E-state index in [0.717, 1.165) is 17.5 Å². The summed E-state index contributed by atoms with van der Waals surface area (Å²) < 4.78 is 25.9. The first-order valence-electron chi connectivity index (χ1n) is 8.35. The molecule has 0 atom stereocenters. The summed E-state index contributed by atoms with van der Waals surface area (Å²) in [6.45, 7) is 14.7. The quantitative estimate of drug-likeness (QED) is 0.634. The molecule has 24 heavy (non-hydrogen) atoms. The second-order valence-corrected chi connectivity index (χ2v) is 22.7. The van der Waals surface area contributed by atoms with Gasteiger partial charge in [-0.2, -0.15) is 0 Å². The van der Waals surface area contributed by atoms with Crippen LogP contribution in [0.4, 0.5) is 0 Å². The van der Waals surface area contributed by atoms with E-state index in [0.29, 0.717) is 0 Å². The molecular formula is C15H29ClO4Si4. The minimum Gasteiger partial charge on any atom is -0.416 e. The van der Waals surface area contributed by atoms with Crippen LogP contribution in [-0.4, -0.2) is 34.2 Å². The van der Waals surface area contributed by atoms with Gasteiger partial charge in [0.1, 0.15) is 0 Å². The fraction of sp³-hybridized carbons (Fsp3) is 0.600. The summed E-state index contributed by atoms with van der Waals surface area (Å²) in [4.78, 5) is 0. The monoisotopic (exact) mass is 420 g/mol. The molecule has 1 aliphatic heterocycles. The van der Waals surface area contributed by atoms with Crippen LogP contribution in [0.5, 0.6) is 0 Å². The van der Waals surface area contributed by atoms with E-state index in [9.17, 15) is 0 Å². The van der Waals surface area contributed by atoms with Crippen molar-refractivity contribution in [2.24, 2.45) is 0 Å². The molecule has 0 amide bonds. The van der Waals surface area contributed by atoms with Gasteiger partial charge in [-0.25, -0.2) is 0 Å².